The fourth-order valence-corrected chi connectivity index (χ4v) is 1.57. The molecule has 1 heterocycles. The highest BCUT2D eigenvalue weighted by Gasteiger charge is 2.11. The summed E-state index contributed by atoms with van der Waals surface area (Å²) in [4.78, 5) is 16.1. The Hall–Kier alpha value is -1.01. The Morgan fingerprint density at radius 1 is 1.59 bits per heavy atom. The minimum Gasteiger partial charge on any atom is -0.465 e. The third-order valence-electron chi connectivity index (χ3n) is 2.03. The van der Waals surface area contributed by atoms with Gasteiger partial charge < -0.3 is 10.1 Å². The first-order valence-corrected chi connectivity index (χ1v) is 6.20. The van der Waals surface area contributed by atoms with E-state index >= 15 is 0 Å². The zero-order chi connectivity index (χ0) is 13.0. The van der Waals surface area contributed by atoms with Crippen molar-refractivity contribution in [3.05, 3.63) is 22.3 Å². The van der Waals surface area contributed by atoms with Gasteiger partial charge in [0.15, 0.2) is 0 Å². The van der Waals surface area contributed by atoms with Crippen LogP contribution in [-0.2, 0) is 4.74 Å². The van der Waals surface area contributed by atoms with Crippen molar-refractivity contribution >= 4 is 44.9 Å². The number of ether oxygens (including phenoxy) is 1. The second kappa shape index (κ2) is 6.07. The summed E-state index contributed by atoms with van der Waals surface area (Å²) in [6.45, 7) is 3.98. The van der Waals surface area contributed by atoms with Crippen molar-refractivity contribution in [1.82, 2.24) is 4.98 Å². The number of carbonyl (C=O) groups excluding carboxylic acids is 1. The predicted molar refractivity (Wildman–Crippen MR) is 74.3 cm³/mol. The Morgan fingerprint density at radius 2 is 2.24 bits per heavy atom. The number of nitrogens with zero attached hydrogens (tertiary/aromatic N) is 1. The molecule has 0 atom stereocenters. The van der Waals surface area contributed by atoms with Gasteiger partial charge in [-0.25, -0.2) is 9.78 Å². The second-order valence-corrected chi connectivity index (χ2v) is 4.98. The average Bonchev–Trinajstić information content (AvgIpc) is 2.30. The summed E-state index contributed by atoms with van der Waals surface area (Å²) in [6, 6.07) is 1.64. The predicted octanol–water partition coefficient (Wildman–Crippen LogP) is 3.03. The van der Waals surface area contributed by atoms with Crippen LogP contribution in [-0.4, -0.2) is 23.1 Å². The van der Waals surface area contributed by atoms with Crippen molar-refractivity contribution in [2.24, 2.45) is 5.92 Å². The van der Waals surface area contributed by atoms with Gasteiger partial charge >= 0.3 is 5.97 Å². The molecular formula is C11H13BrN2O2S. The Kier molecular flexibility index (Phi) is 5.02. The lowest BCUT2D eigenvalue weighted by molar-refractivity contribution is 0.0600. The van der Waals surface area contributed by atoms with Gasteiger partial charge in [-0.2, -0.15) is 0 Å². The molecule has 0 spiro atoms. The first-order chi connectivity index (χ1) is 7.95. The van der Waals surface area contributed by atoms with Crippen LogP contribution in [0, 0.1) is 5.92 Å². The number of nitrogens with one attached hydrogen (secondary N) is 1. The van der Waals surface area contributed by atoms with Crippen molar-refractivity contribution < 1.29 is 9.53 Å². The zero-order valence-corrected chi connectivity index (χ0v) is 12.2. The molecule has 0 saturated carbocycles. The summed E-state index contributed by atoms with van der Waals surface area (Å²) < 4.78 is 5.27. The van der Waals surface area contributed by atoms with Crippen LogP contribution in [0.2, 0.25) is 0 Å². The van der Waals surface area contributed by atoms with Crippen molar-refractivity contribution in [2.45, 2.75) is 13.8 Å². The van der Waals surface area contributed by atoms with E-state index in [-0.39, 0.29) is 5.92 Å². The number of halogens is 1. The van der Waals surface area contributed by atoms with E-state index in [1.165, 1.54) is 13.3 Å². The van der Waals surface area contributed by atoms with E-state index < -0.39 is 5.97 Å². The highest BCUT2D eigenvalue weighted by atomic mass is 79.9. The van der Waals surface area contributed by atoms with Gasteiger partial charge in [-0.15, -0.1) is 0 Å². The maximum atomic E-state index is 11.3. The molecule has 92 valence electrons. The Balaban J connectivity index is 2.90. The molecule has 17 heavy (non-hydrogen) atoms. The normalized spacial score (nSPS) is 10.2. The molecule has 0 fully saturated rings. The van der Waals surface area contributed by atoms with Crippen molar-refractivity contribution in [3.8, 4) is 0 Å². The SMILES string of the molecule is COC(=O)c1cnc(NC(=S)C(C)C)c(Br)c1. The lowest BCUT2D eigenvalue weighted by Crippen LogP contribution is -2.17. The van der Waals surface area contributed by atoms with Crippen LogP contribution in [0.5, 0.6) is 0 Å². The maximum Gasteiger partial charge on any atom is 0.339 e. The number of hydrogen-bond donors (Lipinski definition) is 1. The van der Waals surface area contributed by atoms with Crippen LogP contribution < -0.4 is 5.32 Å². The Morgan fingerprint density at radius 3 is 2.71 bits per heavy atom. The standard InChI is InChI=1S/C11H13BrN2O2S/c1-6(2)10(17)14-9-8(12)4-7(5-13-9)11(15)16-3/h4-6H,1-3H3,(H,13,14,17). The zero-order valence-electron chi connectivity index (χ0n) is 9.78. The van der Waals surface area contributed by atoms with Gasteiger partial charge in [0.25, 0.3) is 0 Å². The molecule has 1 aromatic heterocycles. The molecule has 1 rings (SSSR count). The van der Waals surface area contributed by atoms with Gasteiger partial charge in [0, 0.05) is 12.1 Å². The van der Waals surface area contributed by atoms with Crippen molar-refractivity contribution in [3.63, 3.8) is 0 Å². The van der Waals surface area contributed by atoms with Gasteiger partial charge in [-0.3, -0.25) is 0 Å². The third kappa shape index (κ3) is 3.74. The van der Waals surface area contributed by atoms with Crippen LogP contribution in [0.3, 0.4) is 0 Å². The van der Waals surface area contributed by atoms with E-state index in [1.807, 2.05) is 13.8 Å². The quantitative estimate of drug-likeness (QED) is 0.686. The summed E-state index contributed by atoms with van der Waals surface area (Å²) in [5.74, 6) is 0.409. The molecule has 0 aliphatic heterocycles. The van der Waals surface area contributed by atoms with Gasteiger partial charge in [-0.05, 0) is 22.0 Å². The van der Waals surface area contributed by atoms with E-state index in [0.717, 1.165) is 0 Å². The van der Waals surface area contributed by atoms with E-state index in [1.54, 1.807) is 6.07 Å². The highest BCUT2D eigenvalue weighted by molar-refractivity contribution is 9.10. The van der Waals surface area contributed by atoms with Crippen LogP contribution in [0.25, 0.3) is 0 Å². The number of hydrogen-bond acceptors (Lipinski definition) is 4. The van der Waals surface area contributed by atoms with E-state index in [0.29, 0.717) is 20.8 Å². The number of methoxy groups -OCH3 is 1. The molecule has 6 heteroatoms. The van der Waals surface area contributed by atoms with Gasteiger partial charge in [0.05, 0.1) is 22.1 Å². The topological polar surface area (TPSA) is 51.2 Å². The molecule has 0 aromatic carbocycles. The smallest absolute Gasteiger partial charge is 0.339 e. The molecular weight excluding hydrogens is 304 g/mol. The van der Waals surface area contributed by atoms with Crippen LogP contribution in [0.15, 0.2) is 16.7 Å². The fraction of sp³-hybridized carbons (Fsp3) is 0.364. The number of anilines is 1. The average molecular weight is 317 g/mol. The number of esters is 1. The Bertz CT molecular complexity index is 449. The molecule has 0 aliphatic rings. The number of aromatic nitrogens is 1. The molecule has 0 aliphatic carbocycles. The highest BCUT2D eigenvalue weighted by Crippen LogP contribution is 2.22. The van der Waals surface area contributed by atoms with Gasteiger partial charge in [-0.1, -0.05) is 26.1 Å². The number of carbonyl (C=O) groups is 1. The molecule has 0 saturated heterocycles. The number of thiocarbonyl (C=S) groups is 1. The summed E-state index contributed by atoms with van der Waals surface area (Å²) in [5, 5.41) is 3.02. The van der Waals surface area contributed by atoms with Crippen molar-refractivity contribution in [1.29, 1.82) is 0 Å². The molecule has 0 radical (unpaired) electrons. The summed E-state index contributed by atoms with van der Waals surface area (Å²) in [7, 11) is 1.33. The summed E-state index contributed by atoms with van der Waals surface area (Å²) in [5.41, 5.74) is 0.389. The van der Waals surface area contributed by atoms with E-state index in [9.17, 15) is 4.79 Å². The van der Waals surface area contributed by atoms with Gasteiger partial charge in [0.2, 0.25) is 0 Å². The first-order valence-electron chi connectivity index (χ1n) is 5.00. The summed E-state index contributed by atoms with van der Waals surface area (Å²) in [6.07, 6.45) is 1.45. The summed E-state index contributed by atoms with van der Waals surface area (Å²) >= 11 is 8.49. The molecule has 0 unspecified atom stereocenters. The molecule has 1 N–H and O–H groups in total. The van der Waals surface area contributed by atoms with Crippen LogP contribution >= 0.6 is 28.1 Å². The number of pyridine rings is 1. The molecule has 0 bridgehead atoms. The number of rotatable bonds is 3. The van der Waals surface area contributed by atoms with E-state index in [4.69, 9.17) is 12.2 Å². The minimum atomic E-state index is -0.420. The fourth-order valence-electron chi connectivity index (χ4n) is 1.02. The lowest BCUT2D eigenvalue weighted by Gasteiger charge is -2.11. The van der Waals surface area contributed by atoms with Crippen molar-refractivity contribution in [2.75, 3.05) is 12.4 Å². The first kappa shape index (κ1) is 14.1. The van der Waals surface area contributed by atoms with Gasteiger partial charge in [0.1, 0.15) is 5.82 Å². The molecule has 0 amide bonds. The lowest BCUT2D eigenvalue weighted by atomic mass is 10.2. The Labute approximate surface area is 114 Å². The van der Waals surface area contributed by atoms with E-state index in [2.05, 4.69) is 31.0 Å². The minimum absolute atomic E-state index is 0.235. The van der Waals surface area contributed by atoms with Crippen LogP contribution in [0.4, 0.5) is 5.82 Å². The molecule has 1 aromatic rings. The monoisotopic (exact) mass is 316 g/mol. The third-order valence-corrected chi connectivity index (χ3v) is 3.21. The molecule has 4 nitrogen and oxygen atoms in total. The largest absolute Gasteiger partial charge is 0.465 e. The second-order valence-electron chi connectivity index (χ2n) is 3.69. The van der Waals surface area contributed by atoms with Crippen LogP contribution in [0.1, 0.15) is 24.2 Å². The maximum absolute atomic E-state index is 11.3.